The number of aryl methyl sites for hydroxylation is 2. The van der Waals surface area contributed by atoms with Crippen molar-refractivity contribution in [3.05, 3.63) is 112 Å². The minimum absolute atomic E-state index is 0.0924. The van der Waals surface area contributed by atoms with Crippen LogP contribution in [0.3, 0.4) is 0 Å². The zero-order chi connectivity index (χ0) is 45.4. The van der Waals surface area contributed by atoms with Crippen molar-refractivity contribution in [1.29, 1.82) is 0 Å². The van der Waals surface area contributed by atoms with Gasteiger partial charge in [0.25, 0.3) is 0 Å². The molecule has 0 spiro atoms. The number of carboxylic acids is 1. The molecule has 0 amide bonds. The molecule has 2 heterocycles. The van der Waals surface area contributed by atoms with Crippen molar-refractivity contribution in [3.8, 4) is 0 Å². The van der Waals surface area contributed by atoms with E-state index in [-0.39, 0.29) is 23.0 Å². The summed E-state index contributed by atoms with van der Waals surface area (Å²) in [5, 5.41) is 31.5. The lowest BCUT2D eigenvalue weighted by atomic mass is 9.56. The smallest absolute Gasteiger partial charge is 0.335 e. The maximum Gasteiger partial charge on any atom is 0.335 e. The zero-order valence-electron chi connectivity index (χ0n) is 38.3. The molecule has 4 aliphatic carbocycles. The monoisotopic (exact) mass is 860 g/mol. The summed E-state index contributed by atoms with van der Waals surface area (Å²) < 4.78 is 0. The van der Waals surface area contributed by atoms with Crippen molar-refractivity contribution in [2.75, 3.05) is 17.2 Å². The van der Waals surface area contributed by atoms with Crippen LogP contribution in [0.2, 0.25) is 0 Å². The molecule has 4 aromatic rings. The highest BCUT2D eigenvalue weighted by atomic mass is 16.4. The number of aromatic nitrogens is 2. The average Bonchev–Trinajstić information content (AvgIpc) is 3.52. The quantitative estimate of drug-likeness (QED) is 0.0834. The summed E-state index contributed by atoms with van der Waals surface area (Å²) in [5.74, 6) is 1.10. The van der Waals surface area contributed by atoms with Crippen molar-refractivity contribution in [3.63, 3.8) is 0 Å². The first kappa shape index (κ1) is 47.7. The highest BCUT2D eigenvalue weighted by molar-refractivity contribution is 5.98. The molecular formula is C53H73N5O5. The molecule has 8 rings (SSSR count). The van der Waals surface area contributed by atoms with E-state index in [1.165, 1.54) is 22.3 Å². The van der Waals surface area contributed by atoms with Crippen LogP contribution < -0.4 is 17.2 Å². The van der Waals surface area contributed by atoms with Gasteiger partial charge in [-0.2, -0.15) is 0 Å². The summed E-state index contributed by atoms with van der Waals surface area (Å²) in [6.07, 6.45) is 21.6. The molecule has 0 unspecified atom stereocenters. The largest absolute Gasteiger partial charge is 0.478 e. The van der Waals surface area contributed by atoms with Gasteiger partial charge in [-0.1, -0.05) is 64.8 Å². The lowest BCUT2D eigenvalue weighted by molar-refractivity contribution is -0.0545. The molecular weight excluding hydrogens is 787 g/mol. The number of nitrogens with two attached hydrogens (primary N) is 3. The van der Waals surface area contributed by atoms with E-state index in [4.69, 9.17) is 17.2 Å². The Bertz CT molecular complexity index is 2190. The third-order valence-electron chi connectivity index (χ3n) is 15.6. The molecule has 0 saturated heterocycles. The molecule has 2 aromatic carbocycles. The van der Waals surface area contributed by atoms with Gasteiger partial charge in [-0.25, -0.2) is 14.8 Å². The fraction of sp³-hybridized carbons (Fsp3) is 0.547. The highest BCUT2D eigenvalue weighted by Crippen LogP contribution is 2.56. The standard InChI is InChI=1S/C27H36N2O2.C21H30O3.C5H7N3/c1-3-12-26(31)13-14-27(4-2)22(18-26)9-5-7-19-16-20(10-11-23(19)27)24(30)17-21-8-6-15-29-25(21)28;1-3-10-20(24)11-12-21(4-2)17(14-20)7-5-6-15-13-16(19(22)23)8-9-18(15)21;6-4-2-1-3-8-5(4)7/h6,8,10-11,15-16,22,31H,3-5,7,9,12-14,17-18H2,1-2H3,(H2,28,29);8-9,13,17,24H,3-7,10-12,14H2,1-2H3,(H,22,23);1-3H,6H2,(H2,7,8)/t22-,26+,27+;17-,20+,21+;/m00./s1. The molecule has 10 heteroatoms. The molecule has 0 radical (unpaired) electrons. The normalized spacial score (nSPS) is 27.2. The zero-order valence-corrected chi connectivity index (χ0v) is 38.3. The molecule has 2 aromatic heterocycles. The predicted octanol–water partition coefficient (Wildman–Crippen LogP) is 10.4. The Morgan fingerprint density at radius 2 is 1.16 bits per heavy atom. The third kappa shape index (κ3) is 10.4. The van der Waals surface area contributed by atoms with Crippen LogP contribution in [0.5, 0.6) is 0 Å². The van der Waals surface area contributed by atoms with Crippen LogP contribution in [0, 0.1) is 11.8 Å². The summed E-state index contributed by atoms with van der Waals surface area (Å²) in [7, 11) is 0. The maximum atomic E-state index is 13.0. The van der Waals surface area contributed by atoms with Crippen LogP contribution in [0.1, 0.15) is 179 Å². The Morgan fingerprint density at radius 3 is 1.60 bits per heavy atom. The molecule has 9 N–H and O–H groups in total. The van der Waals surface area contributed by atoms with Gasteiger partial charge >= 0.3 is 5.97 Å². The van der Waals surface area contributed by atoms with E-state index in [1.54, 1.807) is 30.6 Å². The second kappa shape index (κ2) is 20.4. The minimum Gasteiger partial charge on any atom is -0.478 e. The van der Waals surface area contributed by atoms with E-state index < -0.39 is 17.2 Å². The Hall–Kier alpha value is -4.80. The van der Waals surface area contributed by atoms with E-state index in [1.807, 2.05) is 24.3 Å². The Morgan fingerprint density at radius 1 is 0.667 bits per heavy atom. The molecule has 6 atom stereocenters. The van der Waals surface area contributed by atoms with Gasteiger partial charge < -0.3 is 32.5 Å². The van der Waals surface area contributed by atoms with Gasteiger partial charge in [0.2, 0.25) is 0 Å². The van der Waals surface area contributed by atoms with E-state index in [0.717, 1.165) is 127 Å². The number of pyridine rings is 2. The van der Waals surface area contributed by atoms with Gasteiger partial charge in [0.1, 0.15) is 11.6 Å². The number of hydrogen-bond acceptors (Lipinski definition) is 9. The van der Waals surface area contributed by atoms with E-state index in [0.29, 0.717) is 34.7 Å². The number of rotatable bonds is 10. The SMILES string of the molecule is CCC[C@@]1(O)CC[C@@]2(CC)c3ccc(C(=O)Cc4cccnc4N)cc3CCC[C@H]2C1.CCC[C@@]1(O)CC[C@@]2(CC)c3ccc(C(=O)O)cc3CCC[C@H]2C1.Nc1cccnc1N. The first-order chi connectivity index (χ1) is 30.1. The van der Waals surface area contributed by atoms with Gasteiger partial charge in [0, 0.05) is 29.9 Å². The summed E-state index contributed by atoms with van der Waals surface area (Å²) in [4.78, 5) is 32.2. The molecule has 0 aliphatic heterocycles. The number of aromatic carboxylic acids is 1. The molecule has 340 valence electrons. The Kier molecular flexibility index (Phi) is 15.4. The number of Topliss-reactive ketones (excluding diaryl/α,β-unsaturated/α-hetero) is 1. The number of nitrogens with zero attached hydrogens (tertiary/aromatic N) is 2. The maximum absolute atomic E-state index is 13.0. The van der Waals surface area contributed by atoms with Crippen molar-refractivity contribution in [1.82, 2.24) is 9.97 Å². The fourth-order valence-corrected chi connectivity index (χ4v) is 12.3. The summed E-state index contributed by atoms with van der Waals surface area (Å²) in [6, 6.07) is 19.3. The number of aliphatic hydroxyl groups is 2. The fourth-order valence-electron chi connectivity index (χ4n) is 12.3. The van der Waals surface area contributed by atoms with E-state index in [9.17, 15) is 24.9 Å². The van der Waals surface area contributed by atoms with E-state index in [2.05, 4.69) is 55.9 Å². The number of benzene rings is 2. The lowest BCUT2D eigenvalue weighted by Gasteiger charge is -2.50. The number of carbonyl (C=O) groups is 2. The van der Waals surface area contributed by atoms with Gasteiger partial charge in [0.15, 0.2) is 5.78 Å². The second-order valence-electron chi connectivity index (χ2n) is 19.2. The van der Waals surface area contributed by atoms with Gasteiger partial charge in [-0.05, 0) is 184 Å². The van der Waals surface area contributed by atoms with Crippen molar-refractivity contribution < 1.29 is 24.9 Å². The van der Waals surface area contributed by atoms with Crippen LogP contribution in [0.4, 0.5) is 17.3 Å². The molecule has 4 aliphatic rings. The predicted molar refractivity (Wildman–Crippen MR) is 254 cm³/mol. The minimum atomic E-state index is -0.842. The third-order valence-corrected chi connectivity index (χ3v) is 15.6. The van der Waals surface area contributed by atoms with Crippen molar-refractivity contribution in [2.45, 2.75) is 172 Å². The summed E-state index contributed by atoms with van der Waals surface area (Å²) in [6.45, 7) is 8.88. The number of ketones is 1. The number of nitrogen functional groups attached to an aromatic ring is 3. The number of carboxylic acid groups (broad SMARTS) is 1. The molecule has 0 bridgehead atoms. The van der Waals surface area contributed by atoms with Crippen LogP contribution >= 0.6 is 0 Å². The summed E-state index contributed by atoms with van der Waals surface area (Å²) >= 11 is 0. The number of anilines is 3. The first-order valence-electron chi connectivity index (χ1n) is 23.8. The van der Waals surface area contributed by atoms with Crippen LogP contribution in [-0.4, -0.2) is 48.2 Å². The van der Waals surface area contributed by atoms with Crippen molar-refractivity contribution >= 4 is 29.1 Å². The summed E-state index contributed by atoms with van der Waals surface area (Å²) in [5.41, 5.74) is 23.6. The van der Waals surface area contributed by atoms with Crippen LogP contribution in [0.25, 0.3) is 0 Å². The van der Waals surface area contributed by atoms with Crippen LogP contribution in [-0.2, 0) is 30.1 Å². The first-order valence-corrected chi connectivity index (χ1v) is 23.8. The highest BCUT2D eigenvalue weighted by Gasteiger charge is 2.51. The van der Waals surface area contributed by atoms with E-state index >= 15 is 0 Å². The van der Waals surface area contributed by atoms with Gasteiger partial charge in [-0.3, -0.25) is 4.79 Å². The Labute approximate surface area is 375 Å². The lowest BCUT2D eigenvalue weighted by Crippen LogP contribution is -2.47. The average molecular weight is 860 g/mol. The number of carbonyl (C=O) groups excluding carboxylic acids is 1. The number of hydrogen-bond donors (Lipinski definition) is 6. The van der Waals surface area contributed by atoms with Gasteiger partial charge in [0.05, 0.1) is 22.5 Å². The topological polar surface area (TPSA) is 199 Å². The van der Waals surface area contributed by atoms with Crippen molar-refractivity contribution in [2.24, 2.45) is 11.8 Å². The molecule has 2 saturated carbocycles. The molecule has 63 heavy (non-hydrogen) atoms. The second-order valence-corrected chi connectivity index (χ2v) is 19.2. The molecule has 10 nitrogen and oxygen atoms in total. The Balaban J connectivity index is 0.000000182. The van der Waals surface area contributed by atoms with Gasteiger partial charge in [-0.15, -0.1) is 0 Å². The van der Waals surface area contributed by atoms with Crippen LogP contribution in [0.15, 0.2) is 73.1 Å². The number of fused-ring (bicyclic) bond motifs is 6. The molecule has 2 fully saturated rings.